The number of anilines is 1. The van der Waals surface area contributed by atoms with Crippen molar-refractivity contribution >= 4 is 31.3 Å². The van der Waals surface area contributed by atoms with Gasteiger partial charge in [-0.1, -0.05) is 0 Å². The molecule has 1 fully saturated rings. The second kappa shape index (κ2) is 5.16. The van der Waals surface area contributed by atoms with Crippen molar-refractivity contribution in [3.63, 3.8) is 0 Å². The Balaban J connectivity index is 1.83. The molecule has 0 radical (unpaired) electrons. The van der Waals surface area contributed by atoms with Gasteiger partial charge in [-0.15, -0.1) is 0 Å². The maximum atomic E-state index is 11.9. The first-order valence-corrected chi connectivity index (χ1v) is 8.64. The topological polar surface area (TPSA) is 72.3 Å². The van der Waals surface area contributed by atoms with E-state index >= 15 is 0 Å². The second-order valence-corrected chi connectivity index (χ2v) is 7.70. The molecule has 0 saturated carbocycles. The molecule has 1 aliphatic rings. The first-order valence-electron chi connectivity index (χ1n) is 6.27. The van der Waals surface area contributed by atoms with E-state index in [1.165, 1.54) is 4.90 Å². The zero-order valence-electron chi connectivity index (χ0n) is 10.9. The van der Waals surface area contributed by atoms with Crippen molar-refractivity contribution in [2.45, 2.75) is 11.7 Å². The summed E-state index contributed by atoms with van der Waals surface area (Å²) in [6, 6.07) is 7.23. The molecule has 1 aromatic heterocycles. The highest BCUT2D eigenvalue weighted by Crippen LogP contribution is 2.27. The van der Waals surface area contributed by atoms with Gasteiger partial charge in [-0.05, 0) is 24.3 Å². The number of rotatable bonds is 3. The number of nitrogens with zero attached hydrogens (tertiary/aromatic N) is 3. The van der Waals surface area contributed by atoms with E-state index < -0.39 is 14.3 Å². The van der Waals surface area contributed by atoms with Crippen LogP contribution in [0.4, 0.5) is 5.69 Å². The third-order valence-electron chi connectivity index (χ3n) is 3.45. The Bertz CT molecular complexity index is 756. The molecule has 1 aliphatic heterocycles. The molecule has 1 atom stereocenters. The van der Waals surface area contributed by atoms with Gasteiger partial charge < -0.3 is 9.47 Å². The maximum Gasteiger partial charge on any atom is 0.237 e. The minimum Gasteiger partial charge on any atom is -0.311 e. The first kappa shape index (κ1) is 14.1. The van der Waals surface area contributed by atoms with Gasteiger partial charge in [0, 0.05) is 47.4 Å². The number of amides is 1. The lowest BCUT2D eigenvalue weighted by Gasteiger charge is -2.16. The second-order valence-electron chi connectivity index (χ2n) is 4.79. The Morgan fingerprint density at radius 3 is 2.38 bits per heavy atom. The monoisotopic (exact) mass is 325 g/mol. The fourth-order valence-electron chi connectivity index (χ4n) is 2.33. The van der Waals surface area contributed by atoms with Crippen molar-refractivity contribution in [2.75, 3.05) is 11.4 Å². The third-order valence-corrected chi connectivity index (χ3v) is 5.32. The Kier molecular flexibility index (Phi) is 3.46. The van der Waals surface area contributed by atoms with Crippen molar-refractivity contribution in [3.8, 4) is 5.69 Å². The molecule has 0 aliphatic carbocycles. The van der Waals surface area contributed by atoms with Crippen molar-refractivity contribution in [1.82, 2.24) is 9.55 Å². The summed E-state index contributed by atoms with van der Waals surface area (Å²) >= 11 is 0. The number of carbonyl (C=O) groups excluding carboxylic acids is 1. The van der Waals surface area contributed by atoms with Gasteiger partial charge in [-0.25, -0.2) is 13.4 Å². The van der Waals surface area contributed by atoms with E-state index in [-0.39, 0.29) is 18.9 Å². The van der Waals surface area contributed by atoms with E-state index in [1.54, 1.807) is 24.7 Å². The van der Waals surface area contributed by atoms with Gasteiger partial charge in [0.25, 0.3) is 0 Å². The van der Waals surface area contributed by atoms with Crippen LogP contribution in [-0.4, -0.2) is 35.7 Å². The number of benzene rings is 1. The van der Waals surface area contributed by atoms with Gasteiger partial charge in [0.05, 0.1) is 6.33 Å². The van der Waals surface area contributed by atoms with Crippen LogP contribution >= 0.6 is 10.7 Å². The number of hydrogen-bond donors (Lipinski definition) is 0. The average Bonchev–Trinajstić information content (AvgIpc) is 3.07. The average molecular weight is 326 g/mol. The van der Waals surface area contributed by atoms with Crippen LogP contribution in [0.15, 0.2) is 43.0 Å². The van der Waals surface area contributed by atoms with Crippen LogP contribution in [0, 0.1) is 0 Å². The molecule has 1 unspecified atom stereocenters. The van der Waals surface area contributed by atoms with E-state index in [1.807, 2.05) is 22.9 Å². The van der Waals surface area contributed by atoms with E-state index in [0.29, 0.717) is 5.69 Å². The molecule has 1 aromatic carbocycles. The lowest BCUT2D eigenvalue weighted by molar-refractivity contribution is -0.117. The van der Waals surface area contributed by atoms with Crippen LogP contribution in [0.2, 0.25) is 0 Å². The minimum absolute atomic E-state index is 0.0743. The zero-order valence-corrected chi connectivity index (χ0v) is 12.5. The van der Waals surface area contributed by atoms with Crippen LogP contribution in [0.3, 0.4) is 0 Å². The smallest absolute Gasteiger partial charge is 0.237 e. The van der Waals surface area contributed by atoms with Gasteiger partial charge in [-0.3, -0.25) is 4.79 Å². The predicted octanol–water partition coefficient (Wildman–Crippen LogP) is 1.55. The van der Waals surface area contributed by atoms with Crippen LogP contribution < -0.4 is 4.90 Å². The number of aromatic nitrogens is 2. The van der Waals surface area contributed by atoms with Crippen molar-refractivity contribution in [3.05, 3.63) is 43.0 Å². The summed E-state index contributed by atoms with van der Waals surface area (Å²) in [5, 5.41) is -0.847. The molecule has 0 N–H and O–H groups in total. The lowest BCUT2D eigenvalue weighted by atomic mass is 10.2. The number of hydrogen-bond acceptors (Lipinski definition) is 4. The molecule has 110 valence electrons. The molecule has 0 bridgehead atoms. The van der Waals surface area contributed by atoms with E-state index in [9.17, 15) is 13.2 Å². The van der Waals surface area contributed by atoms with Gasteiger partial charge >= 0.3 is 0 Å². The normalized spacial score (nSPS) is 19.2. The highest BCUT2D eigenvalue weighted by Gasteiger charge is 2.37. The summed E-state index contributed by atoms with van der Waals surface area (Å²) in [5.41, 5.74) is 1.57. The molecule has 8 heteroatoms. The molecular weight excluding hydrogens is 314 g/mol. The summed E-state index contributed by atoms with van der Waals surface area (Å²) in [6.07, 6.45) is 5.08. The zero-order chi connectivity index (χ0) is 15.0. The third kappa shape index (κ3) is 2.79. The van der Waals surface area contributed by atoms with Crippen molar-refractivity contribution in [2.24, 2.45) is 0 Å². The fourth-order valence-corrected chi connectivity index (χ4v) is 3.36. The Morgan fingerprint density at radius 2 is 1.86 bits per heavy atom. The molecule has 1 saturated heterocycles. The minimum atomic E-state index is -3.72. The number of imidazole rings is 1. The van der Waals surface area contributed by atoms with Crippen LogP contribution in [-0.2, 0) is 13.8 Å². The van der Waals surface area contributed by atoms with Gasteiger partial charge in [-0.2, -0.15) is 0 Å². The SMILES string of the molecule is O=C1CC(S(=O)(=O)Cl)CN1c1ccc(-n2ccnc2)cc1. The number of carbonyl (C=O) groups is 1. The van der Waals surface area contributed by atoms with Crippen LogP contribution in [0.1, 0.15) is 6.42 Å². The molecule has 2 heterocycles. The quantitative estimate of drug-likeness (QED) is 0.803. The van der Waals surface area contributed by atoms with Crippen LogP contribution in [0.25, 0.3) is 5.69 Å². The maximum absolute atomic E-state index is 11.9. The highest BCUT2D eigenvalue weighted by atomic mass is 35.7. The van der Waals surface area contributed by atoms with Gasteiger partial charge in [0.15, 0.2) is 0 Å². The van der Waals surface area contributed by atoms with Gasteiger partial charge in [0.2, 0.25) is 15.0 Å². The molecular formula is C13H12ClN3O3S. The first-order chi connectivity index (χ1) is 9.95. The molecule has 3 rings (SSSR count). The van der Waals surface area contributed by atoms with Gasteiger partial charge in [0.1, 0.15) is 5.25 Å². The molecule has 6 nitrogen and oxygen atoms in total. The highest BCUT2D eigenvalue weighted by molar-refractivity contribution is 8.14. The van der Waals surface area contributed by atoms with E-state index in [0.717, 1.165) is 5.69 Å². The van der Waals surface area contributed by atoms with Crippen molar-refractivity contribution < 1.29 is 13.2 Å². The predicted molar refractivity (Wildman–Crippen MR) is 79.1 cm³/mol. The number of halogens is 1. The van der Waals surface area contributed by atoms with Crippen LogP contribution in [0.5, 0.6) is 0 Å². The molecule has 2 aromatic rings. The summed E-state index contributed by atoms with van der Waals surface area (Å²) in [6.45, 7) is 0.0923. The molecule has 0 spiro atoms. The lowest BCUT2D eigenvalue weighted by Crippen LogP contribution is -2.26. The molecule has 21 heavy (non-hydrogen) atoms. The Labute approximate surface area is 126 Å². The largest absolute Gasteiger partial charge is 0.311 e. The van der Waals surface area contributed by atoms with E-state index in [2.05, 4.69) is 4.98 Å². The summed E-state index contributed by atoms with van der Waals surface area (Å²) in [7, 11) is 1.61. The fraction of sp³-hybridized carbons (Fsp3) is 0.231. The Hall–Kier alpha value is -1.86. The summed E-state index contributed by atoms with van der Waals surface area (Å²) in [4.78, 5) is 17.3. The Morgan fingerprint density at radius 1 is 1.19 bits per heavy atom. The standard InChI is InChI=1S/C13H12ClN3O3S/c14-21(19,20)12-7-13(18)17(8-12)11-3-1-10(2-4-11)16-6-5-15-9-16/h1-6,9,12H,7-8H2. The van der Waals surface area contributed by atoms with E-state index in [4.69, 9.17) is 10.7 Å². The summed E-state index contributed by atoms with van der Waals surface area (Å²) in [5.74, 6) is -0.236. The van der Waals surface area contributed by atoms with Crippen molar-refractivity contribution in [1.29, 1.82) is 0 Å². The molecule has 1 amide bonds. The summed E-state index contributed by atoms with van der Waals surface area (Å²) < 4.78 is 24.5.